The first-order valence-corrected chi connectivity index (χ1v) is 8.48. The van der Waals surface area contributed by atoms with Gasteiger partial charge in [-0.15, -0.1) is 0 Å². The van der Waals surface area contributed by atoms with E-state index in [4.69, 9.17) is 9.47 Å². The van der Waals surface area contributed by atoms with Crippen molar-refractivity contribution in [3.05, 3.63) is 54.3 Å². The number of nitriles is 1. The van der Waals surface area contributed by atoms with Crippen molar-refractivity contribution in [2.24, 2.45) is 0 Å². The third kappa shape index (κ3) is 2.85. The van der Waals surface area contributed by atoms with E-state index in [1.54, 1.807) is 12.1 Å². The van der Waals surface area contributed by atoms with Crippen LogP contribution in [0.15, 0.2) is 26.2 Å². The van der Waals surface area contributed by atoms with Gasteiger partial charge in [-0.2, -0.15) is 5.26 Å². The Morgan fingerprint density at radius 3 is 2.60 bits per heavy atom. The van der Waals surface area contributed by atoms with E-state index in [-0.39, 0.29) is 12.1 Å². The number of fused-ring (bicyclic) bond motifs is 1. The van der Waals surface area contributed by atoms with Crippen LogP contribution in [0, 0.1) is 11.3 Å². The molecule has 0 unspecified atom stereocenters. The van der Waals surface area contributed by atoms with Gasteiger partial charge < -0.3 is 9.47 Å². The normalized spacial score (nSPS) is 12.6. The first kappa shape index (κ1) is 17.3. The molecule has 0 saturated carbocycles. The Bertz CT molecular complexity index is 1000. The van der Waals surface area contributed by atoms with E-state index in [0.29, 0.717) is 40.2 Å². The molecule has 1 aliphatic rings. The molecule has 0 bridgehead atoms. The first-order valence-electron chi connectivity index (χ1n) is 7.68. The van der Waals surface area contributed by atoms with Crippen molar-refractivity contribution < 1.29 is 9.47 Å². The number of hydrogen-bond acceptors (Lipinski definition) is 5. The first-order chi connectivity index (χ1) is 12.0. The molecule has 7 nitrogen and oxygen atoms in total. The van der Waals surface area contributed by atoms with Crippen LogP contribution in [0.25, 0.3) is 0 Å². The number of ether oxygens (including phenoxy) is 2. The van der Waals surface area contributed by atoms with Gasteiger partial charge in [0.1, 0.15) is 23.1 Å². The molecule has 0 saturated heterocycles. The van der Waals surface area contributed by atoms with Crippen LogP contribution in [0.1, 0.15) is 23.2 Å². The highest BCUT2D eigenvalue weighted by Gasteiger charge is 2.23. The second-order valence-corrected chi connectivity index (χ2v) is 6.52. The summed E-state index contributed by atoms with van der Waals surface area (Å²) in [5.74, 6) is 1.08. The summed E-state index contributed by atoms with van der Waals surface area (Å²) in [5, 5.41) is 9.35. The van der Waals surface area contributed by atoms with E-state index < -0.39 is 11.2 Å². The van der Waals surface area contributed by atoms with Crippen molar-refractivity contribution >= 4 is 15.9 Å². The van der Waals surface area contributed by atoms with Crippen LogP contribution < -0.4 is 20.7 Å². The molecule has 0 aliphatic carbocycles. The van der Waals surface area contributed by atoms with Crippen molar-refractivity contribution in [3.63, 3.8) is 0 Å². The van der Waals surface area contributed by atoms with Gasteiger partial charge in [-0.05, 0) is 40.9 Å². The largest absolute Gasteiger partial charge is 0.496 e. The van der Waals surface area contributed by atoms with Crippen molar-refractivity contribution in [1.82, 2.24) is 9.13 Å². The number of methoxy groups -OCH3 is 2. The lowest BCUT2D eigenvalue weighted by Crippen LogP contribution is -2.42. The van der Waals surface area contributed by atoms with Crippen molar-refractivity contribution in [3.8, 4) is 17.6 Å². The highest BCUT2D eigenvalue weighted by atomic mass is 79.9. The Morgan fingerprint density at radius 1 is 1.24 bits per heavy atom. The SMILES string of the molecule is COc1cc(Cn2c(=O)c(C#N)c3n(c2=O)CCC3)c(OC)cc1Br. The lowest BCUT2D eigenvalue weighted by Gasteiger charge is -2.15. The standard InChI is InChI=1S/C17H16BrN3O4/c1-24-14-7-12(18)15(25-2)6-10(14)9-21-16(22)11(8-19)13-4-3-5-20(13)17(21)23/h6-7H,3-5,9H2,1-2H3. The highest BCUT2D eigenvalue weighted by Crippen LogP contribution is 2.33. The maximum absolute atomic E-state index is 12.7. The second-order valence-electron chi connectivity index (χ2n) is 5.66. The molecule has 8 heteroatoms. The van der Waals surface area contributed by atoms with E-state index in [0.717, 1.165) is 11.0 Å². The quantitative estimate of drug-likeness (QED) is 0.771. The number of nitrogens with zero attached hydrogens (tertiary/aromatic N) is 3. The van der Waals surface area contributed by atoms with Gasteiger partial charge in [-0.1, -0.05) is 0 Å². The van der Waals surface area contributed by atoms with Gasteiger partial charge in [0.15, 0.2) is 0 Å². The zero-order valence-electron chi connectivity index (χ0n) is 13.8. The molecule has 130 valence electrons. The molecule has 25 heavy (non-hydrogen) atoms. The Balaban J connectivity index is 2.19. The van der Waals surface area contributed by atoms with E-state index in [1.807, 2.05) is 6.07 Å². The van der Waals surface area contributed by atoms with Crippen LogP contribution in [-0.4, -0.2) is 23.4 Å². The fourth-order valence-electron chi connectivity index (χ4n) is 3.11. The Morgan fingerprint density at radius 2 is 1.96 bits per heavy atom. The molecule has 2 aromatic rings. The van der Waals surface area contributed by atoms with Crippen LogP contribution in [0.4, 0.5) is 0 Å². The van der Waals surface area contributed by atoms with Gasteiger partial charge in [-0.25, -0.2) is 4.79 Å². The third-order valence-electron chi connectivity index (χ3n) is 4.33. The van der Waals surface area contributed by atoms with Gasteiger partial charge in [0, 0.05) is 17.8 Å². The molecule has 0 atom stereocenters. The van der Waals surface area contributed by atoms with Gasteiger partial charge in [-0.3, -0.25) is 13.9 Å². The molecular weight excluding hydrogens is 390 g/mol. The lowest BCUT2D eigenvalue weighted by molar-refractivity contribution is 0.394. The summed E-state index contributed by atoms with van der Waals surface area (Å²) in [7, 11) is 3.04. The summed E-state index contributed by atoms with van der Waals surface area (Å²) >= 11 is 3.38. The zero-order valence-corrected chi connectivity index (χ0v) is 15.4. The van der Waals surface area contributed by atoms with E-state index in [2.05, 4.69) is 15.9 Å². The molecule has 0 N–H and O–H groups in total. The summed E-state index contributed by atoms with van der Waals surface area (Å²) in [5.41, 5.74) is 0.225. The smallest absolute Gasteiger partial charge is 0.331 e. The maximum atomic E-state index is 12.7. The van der Waals surface area contributed by atoms with E-state index in [9.17, 15) is 14.9 Å². The van der Waals surface area contributed by atoms with Gasteiger partial charge in [0.25, 0.3) is 5.56 Å². The average Bonchev–Trinajstić information content (AvgIpc) is 3.09. The minimum absolute atomic E-state index is 0.000556. The fourth-order valence-corrected chi connectivity index (χ4v) is 3.59. The number of benzene rings is 1. The summed E-state index contributed by atoms with van der Waals surface area (Å²) in [6.45, 7) is 0.517. The van der Waals surface area contributed by atoms with Gasteiger partial charge >= 0.3 is 5.69 Å². The summed E-state index contributed by atoms with van der Waals surface area (Å²) in [6.07, 6.45) is 1.33. The third-order valence-corrected chi connectivity index (χ3v) is 4.95. The number of aromatic nitrogens is 2. The molecular formula is C17H16BrN3O4. The molecule has 1 aromatic heterocycles. The van der Waals surface area contributed by atoms with E-state index >= 15 is 0 Å². The van der Waals surface area contributed by atoms with Crippen LogP contribution in [0.5, 0.6) is 11.5 Å². The summed E-state index contributed by atoms with van der Waals surface area (Å²) < 4.78 is 13.9. The predicted molar refractivity (Wildman–Crippen MR) is 94.3 cm³/mol. The molecule has 1 aromatic carbocycles. The Labute approximate surface area is 152 Å². The molecule has 3 rings (SSSR count). The second kappa shape index (κ2) is 6.76. The molecule has 0 spiro atoms. The summed E-state index contributed by atoms with van der Waals surface area (Å²) in [6, 6.07) is 5.38. The van der Waals surface area contributed by atoms with Crippen LogP contribution in [-0.2, 0) is 19.5 Å². The average molecular weight is 406 g/mol. The van der Waals surface area contributed by atoms with Crippen molar-refractivity contribution in [1.29, 1.82) is 5.26 Å². The predicted octanol–water partition coefficient (Wildman–Crippen LogP) is 1.66. The monoisotopic (exact) mass is 405 g/mol. The number of rotatable bonds is 4. The Hall–Kier alpha value is -2.53. The zero-order chi connectivity index (χ0) is 18.1. The van der Waals surface area contributed by atoms with Gasteiger partial charge in [0.2, 0.25) is 0 Å². The molecule has 0 fully saturated rings. The maximum Gasteiger partial charge on any atom is 0.331 e. The van der Waals surface area contributed by atoms with Crippen molar-refractivity contribution in [2.75, 3.05) is 14.2 Å². The molecule has 0 radical (unpaired) electrons. The lowest BCUT2D eigenvalue weighted by atomic mass is 10.1. The Kier molecular flexibility index (Phi) is 4.68. The van der Waals surface area contributed by atoms with Crippen LogP contribution in [0.3, 0.4) is 0 Å². The fraction of sp³-hybridized carbons (Fsp3) is 0.353. The highest BCUT2D eigenvalue weighted by molar-refractivity contribution is 9.10. The topological polar surface area (TPSA) is 86.2 Å². The molecule has 1 aliphatic heterocycles. The minimum Gasteiger partial charge on any atom is -0.496 e. The number of halogens is 1. The van der Waals surface area contributed by atoms with Crippen LogP contribution in [0.2, 0.25) is 0 Å². The van der Waals surface area contributed by atoms with Gasteiger partial charge in [0.05, 0.1) is 25.2 Å². The number of hydrogen-bond donors (Lipinski definition) is 0. The van der Waals surface area contributed by atoms with E-state index in [1.165, 1.54) is 18.8 Å². The van der Waals surface area contributed by atoms with Crippen LogP contribution >= 0.6 is 15.9 Å². The summed E-state index contributed by atoms with van der Waals surface area (Å²) in [4.78, 5) is 25.4. The minimum atomic E-state index is -0.565. The van der Waals surface area contributed by atoms with Crippen molar-refractivity contribution in [2.45, 2.75) is 25.9 Å². The molecule has 2 heterocycles. The molecule has 0 amide bonds.